The molecule has 0 saturated carbocycles. The van der Waals surface area contributed by atoms with E-state index in [9.17, 15) is 29.4 Å². The van der Waals surface area contributed by atoms with Crippen LogP contribution >= 0.6 is 15.9 Å². The molecule has 6 rings (SSSR count). The standard InChI is InChI=1S/C19H20N6O3.C15H17BrN4O3.C4H3N2.3C4H9.Sn/c1-25-16(15-11-21-7-8-22-15)13(10-23-25)19(28)24-14(17(26)18(20)27)9-12-5-3-2-4-6-12;1-20-13(16)10(8-18-20)15(23)19-11(12(21)14(17)22)7-9-5-3-2-4-6-9;1-2-6-4-3-5-1;3*1-3-4-2;/h2-8,10-11,14,17,26H,9H2,1H3,(H2,20,27)(H,24,28);2-6,8,11-12,21H,7H2,1H3,(H2,17,22)(H,19,23);1-3H;3*1,3-4H2,2H3;/t14-,17?;11-,12?;;;;;/m00...../s1. The van der Waals surface area contributed by atoms with Crippen molar-refractivity contribution in [3.8, 4) is 11.4 Å². The number of primary amides is 2. The summed E-state index contributed by atoms with van der Waals surface area (Å²) in [5, 5.41) is 33.6. The Balaban J connectivity index is 0.000000233. The maximum atomic E-state index is 12.9. The summed E-state index contributed by atoms with van der Waals surface area (Å²) in [5.74, 6) is -2.76. The first-order valence-corrected chi connectivity index (χ1v) is 31.8. The molecule has 0 fully saturated rings. The molecule has 2 unspecified atom stereocenters. The Labute approximate surface area is 422 Å². The quantitative estimate of drug-likeness (QED) is 0.0465. The molecule has 374 valence electrons. The van der Waals surface area contributed by atoms with Gasteiger partial charge in [-0.15, -0.1) is 0 Å². The number of halogens is 1. The molecule has 4 atom stereocenters. The van der Waals surface area contributed by atoms with Crippen LogP contribution in [0, 0.1) is 0 Å². The predicted molar refractivity (Wildman–Crippen MR) is 275 cm³/mol. The molecular formula is C50H67BrN12O6Sn. The van der Waals surface area contributed by atoms with Crippen molar-refractivity contribution in [3.63, 3.8) is 0 Å². The van der Waals surface area contributed by atoms with Crippen molar-refractivity contribution in [2.75, 3.05) is 0 Å². The van der Waals surface area contributed by atoms with Crippen molar-refractivity contribution < 1.29 is 29.4 Å². The Kier molecular flexibility index (Phi) is 23.7. The number of nitrogens with two attached hydrogens (primary N) is 2. The van der Waals surface area contributed by atoms with Crippen LogP contribution in [0.5, 0.6) is 0 Å². The zero-order valence-electron chi connectivity index (χ0n) is 40.6. The fraction of sp³-hybridized carbons (Fsp3) is 0.400. The molecule has 8 N–H and O–H groups in total. The van der Waals surface area contributed by atoms with Crippen molar-refractivity contribution in [2.45, 2.75) is 110 Å². The van der Waals surface area contributed by atoms with Crippen LogP contribution < -0.4 is 25.8 Å². The summed E-state index contributed by atoms with van der Waals surface area (Å²) >= 11 is 0.990. The predicted octanol–water partition coefficient (Wildman–Crippen LogP) is 4.97. The maximum absolute atomic E-state index is 12.9. The smallest absolute Gasteiger partial charge is 0.255 e. The topological polar surface area (TPSA) is 272 Å². The van der Waals surface area contributed by atoms with Gasteiger partial charge in [-0.1, -0.05) is 60.7 Å². The van der Waals surface area contributed by atoms with Crippen LogP contribution in [0.2, 0.25) is 13.3 Å². The van der Waals surface area contributed by atoms with Gasteiger partial charge in [-0.3, -0.25) is 38.5 Å². The average molecular weight is 1130 g/mol. The van der Waals surface area contributed by atoms with Crippen molar-refractivity contribution in [2.24, 2.45) is 25.6 Å². The average Bonchev–Trinajstić information content (AvgIpc) is 3.94. The summed E-state index contributed by atoms with van der Waals surface area (Å²) in [6.45, 7) is 6.94. The van der Waals surface area contributed by atoms with Gasteiger partial charge in [0.25, 0.3) is 11.8 Å². The molecular weight excluding hydrogens is 1060 g/mol. The van der Waals surface area contributed by atoms with Crippen molar-refractivity contribution >= 4 is 61.6 Å². The number of aryl methyl sites for hydroxylation is 2. The van der Waals surface area contributed by atoms with E-state index in [-0.39, 0.29) is 18.4 Å². The second-order valence-corrected chi connectivity index (χ2v) is 30.8. The normalized spacial score (nSPS) is 12.7. The fourth-order valence-corrected chi connectivity index (χ4v) is 23.4. The molecule has 2 aromatic carbocycles. The molecule has 70 heavy (non-hydrogen) atoms. The van der Waals surface area contributed by atoms with Gasteiger partial charge in [0.15, 0.2) is 12.2 Å². The summed E-state index contributed by atoms with van der Waals surface area (Å²) in [6, 6.07) is 16.7. The Bertz CT molecular complexity index is 2500. The molecule has 20 heteroatoms. The SMILES string of the molecule is CCC[CH2][Sn]([CH2]CCC)([CH2]CCC)[c]1cnccn1.Cn1ncc(C(=O)N[C@@H](Cc2ccccc2)C(O)C(N)=O)c1-c1cnccn1.Cn1ncc(C(=O)N[C@@H](Cc2ccccc2)C(O)C(N)=O)c1Br. The Morgan fingerprint density at radius 2 is 1.07 bits per heavy atom. The van der Waals surface area contributed by atoms with Crippen LogP contribution in [-0.4, -0.2) is 116 Å². The molecule has 6 aromatic rings. The van der Waals surface area contributed by atoms with Crippen molar-refractivity contribution in [1.29, 1.82) is 0 Å². The van der Waals surface area contributed by atoms with Crippen LogP contribution in [-0.2, 0) is 36.5 Å². The van der Waals surface area contributed by atoms with E-state index in [1.165, 1.54) is 95.9 Å². The number of benzene rings is 2. The summed E-state index contributed by atoms with van der Waals surface area (Å²) in [6.07, 6.45) is 18.8. The van der Waals surface area contributed by atoms with E-state index < -0.39 is 66.3 Å². The van der Waals surface area contributed by atoms with Gasteiger partial charge in [0.2, 0.25) is 11.8 Å². The molecule has 18 nitrogen and oxygen atoms in total. The summed E-state index contributed by atoms with van der Waals surface area (Å²) in [7, 11) is 3.36. The third-order valence-electron chi connectivity index (χ3n) is 11.8. The number of carbonyl (C=O) groups excluding carboxylic acids is 4. The van der Waals surface area contributed by atoms with Crippen LogP contribution in [0.4, 0.5) is 0 Å². The molecule has 0 aliphatic heterocycles. The third-order valence-corrected chi connectivity index (χ3v) is 27.8. The van der Waals surface area contributed by atoms with E-state index in [2.05, 4.69) is 78.7 Å². The first-order chi connectivity index (χ1) is 33.7. The maximum Gasteiger partial charge on any atom is 0.255 e. The first-order valence-electron chi connectivity index (χ1n) is 23.5. The van der Waals surface area contributed by atoms with Gasteiger partial charge in [0.05, 0.1) is 41.8 Å². The van der Waals surface area contributed by atoms with Crippen LogP contribution in [0.25, 0.3) is 11.4 Å². The molecule has 0 radical (unpaired) electrons. The van der Waals surface area contributed by atoms with E-state index in [0.717, 1.165) is 11.1 Å². The molecule has 4 aromatic heterocycles. The largest absolute Gasteiger partial charge is 0.381 e. The summed E-state index contributed by atoms with van der Waals surface area (Å²) in [4.78, 5) is 65.4. The zero-order chi connectivity index (χ0) is 51.1. The van der Waals surface area contributed by atoms with Crippen LogP contribution in [0.1, 0.15) is 91.1 Å². The molecule has 0 bridgehead atoms. The summed E-state index contributed by atoms with van der Waals surface area (Å²) < 4.78 is 9.37. The van der Waals surface area contributed by atoms with Crippen LogP contribution in [0.3, 0.4) is 0 Å². The monoisotopic (exact) mass is 1130 g/mol. The number of aromatic nitrogens is 8. The van der Waals surface area contributed by atoms with E-state index in [0.29, 0.717) is 21.6 Å². The molecule has 0 aliphatic rings. The molecule has 0 spiro atoms. The molecule has 4 heterocycles. The van der Waals surface area contributed by atoms with E-state index >= 15 is 0 Å². The second-order valence-electron chi connectivity index (χ2n) is 17.0. The number of hydrogen-bond acceptors (Lipinski definition) is 12. The van der Waals surface area contributed by atoms with Gasteiger partial charge in [-0.2, -0.15) is 10.2 Å². The van der Waals surface area contributed by atoms with E-state index in [1.54, 1.807) is 14.1 Å². The number of nitrogens with one attached hydrogen (secondary N) is 2. The van der Waals surface area contributed by atoms with Gasteiger partial charge in [-0.25, -0.2) is 0 Å². The number of nitrogens with zero attached hydrogens (tertiary/aromatic N) is 8. The van der Waals surface area contributed by atoms with Crippen LogP contribution in [0.15, 0.2) is 115 Å². The van der Waals surface area contributed by atoms with E-state index in [1.807, 2.05) is 73.1 Å². The fourth-order valence-electron chi connectivity index (χ4n) is 7.89. The number of amides is 4. The second kappa shape index (κ2) is 29.3. The summed E-state index contributed by atoms with van der Waals surface area (Å²) in [5.41, 5.74) is 13.6. The molecule has 0 saturated heterocycles. The van der Waals surface area contributed by atoms with Gasteiger partial charge < -0.3 is 32.3 Å². The van der Waals surface area contributed by atoms with E-state index in [4.69, 9.17) is 16.5 Å². The minimum absolute atomic E-state index is 0.234. The number of hydrogen-bond donors (Lipinski definition) is 6. The van der Waals surface area contributed by atoms with Crippen molar-refractivity contribution in [1.82, 2.24) is 50.1 Å². The Morgan fingerprint density at radius 1 is 0.629 bits per heavy atom. The van der Waals surface area contributed by atoms with Gasteiger partial charge in [0, 0.05) is 26.5 Å². The Morgan fingerprint density at radius 3 is 1.47 bits per heavy atom. The number of rotatable bonds is 23. The minimum Gasteiger partial charge on any atom is -0.381 e. The first kappa shape index (κ1) is 56.7. The number of carbonyl (C=O) groups is 4. The Hall–Kier alpha value is -5.90. The molecule has 4 amide bonds. The van der Waals surface area contributed by atoms with Gasteiger partial charge in [0.1, 0.15) is 16.0 Å². The van der Waals surface area contributed by atoms with Gasteiger partial charge in [-0.05, 0) is 39.9 Å². The zero-order valence-corrected chi connectivity index (χ0v) is 45.1. The molecule has 0 aliphatic carbocycles. The van der Waals surface area contributed by atoms with Crippen molar-refractivity contribution in [3.05, 3.63) is 137 Å². The minimum atomic E-state index is -2.27. The number of aliphatic hydroxyl groups excluding tert-OH is 2. The van der Waals surface area contributed by atoms with Gasteiger partial charge >= 0.3 is 123 Å². The number of aliphatic hydroxyl groups is 2. The third kappa shape index (κ3) is 16.9. The number of unbranched alkanes of at least 4 members (excludes halogenated alkanes) is 3.